The molecule has 0 spiro atoms. The lowest BCUT2D eigenvalue weighted by atomic mass is 10.1. The highest BCUT2D eigenvalue weighted by molar-refractivity contribution is 7.71. The maximum Gasteiger partial charge on any atom is 0.178 e. The Morgan fingerprint density at radius 1 is 1.47 bits per heavy atom. The van der Waals surface area contributed by atoms with Crippen molar-refractivity contribution in [2.75, 3.05) is 6.61 Å². The van der Waals surface area contributed by atoms with Crippen LogP contribution in [0.3, 0.4) is 0 Å². The van der Waals surface area contributed by atoms with Crippen LogP contribution in [-0.4, -0.2) is 16.2 Å². The Morgan fingerprint density at radius 2 is 2.26 bits per heavy atom. The van der Waals surface area contributed by atoms with E-state index in [0.717, 1.165) is 34.0 Å². The first-order valence-electron chi connectivity index (χ1n) is 7.05. The predicted octanol–water partition coefficient (Wildman–Crippen LogP) is 4.14. The average Bonchev–Trinajstić information content (AvgIpc) is 3.18. The van der Waals surface area contributed by atoms with Crippen LogP contribution in [-0.2, 0) is 6.54 Å². The minimum Gasteiger partial charge on any atom is -0.492 e. The van der Waals surface area contributed by atoms with Gasteiger partial charge in [0.1, 0.15) is 11.3 Å². The number of hydrogen-bond acceptors (Lipinski definition) is 2. The first-order valence-corrected chi connectivity index (χ1v) is 7.46. The molecule has 1 atom stereocenters. The highest BCUT2D eigenvalue weighted by Gasteiger charge is 2.28. The molecule has 3 nitrogen and oxygen atoms in total. The van der Waals surface area contributed by atoms with Crippen LogP contribution in [0.2, 0.25) is 0 Å². The van der Waals surface area contributed by atoms with E-state index >= 15 is 0 Å². The molecule has 1 aromatic heterocycles. The molecule has 4 heteroatoms. The van der Waals surface area contributed by atoms with E-state index in [1.807, 2.05) is 19.1 Å². The van der Waals surface area contributed by atoms with Gasteiger partial charge in [0, 0.05) is 6.54 Å². The van der Waals surface area contributed by atoms with Gasteiger partial charge in [-0.25, -0.2) is 0 Å². The number of hydrogen-bond donors (Lipinski definition) is 1. The van der Waals surface area contributed by atoms with Gasteiger partial charge in [0.05, 0.1) is 12.1 Å². The van der Waals surface area contributed by atoms with Gasteiger partial charge in [0.25, 0.3) is 0 Å². The van der Waals surface area contributed by atoms with Crippen molar-refractivity contribution in [3.8, 4) is 5.75 Å². The Morgan fingerprint density at radius 3 is 2.95 bits per heavy atom. The summed E-state index contributed by atoms with van der Waals surface area (Å²) in [6.45, 7) is 5.99. The molecular weight excluding hydrogens is 256 g/mol. The molecule has 19 heavy (non-hydrogen) atoms. The zero-order valence-corrected chi connectivity index (χ0v) is 12.3. The summed E-state index contributed by atoms with van der Waals surface area (Å²) in [7, 11) is 0. The molecule has 0 aliphatic heterocycles. The van der Waals surface area contributed by atoms with E-state index in [1.165, 1.54) is 12.8 Å². The van der Waals surface area contributed by atoms with Crippen LogP contribution in [0.1, 0.15) is 26.7 Å². The van der Waals surface area contributed by atoms with Crippen molar-refractivity contribution in [1.29, 1.82) is 0 Å². The molecule has 0 radical (unpaired) electrons. The Labute approximate surface area is 118 Å². The topological polar surface area (TPSA) is 29.9 Å². The molecule has 102 valence electrons. The molecular formula is C15H20N2OS. The maximum absolute atomic E-state index is 5.66. The van der Waals surface area contributed by atoms with E-state index in [-0.39, 0.29) is 0 Å². The van der Waals surface area contributed by atoms with Crippen molar-refractivity contribution >= 4 is 23.3 Å². The summed E-state index contributed by atoms with van der Waals surface area (Å²) in [4.78, 5) is 3.30. The quantitative estimate of drug-likeness (QED) is 0.832. The lowest BCUT2D eigenvalue weighted by Crippen LogP contribution is -2.09. The Balaban J connectivity index is 2.01. The van der Waals surface area contributed by atoms with Crippen LogP contribution >= 0.6 is 12.2 Å². The fourth-order valence-corrected chi connectivity index (χ4v) is 2.99. The summed E-state index contributed by atoms with van der Waals surface area (Å²) in [5.41, 5.74) is 2.18. The average molecular weight is 276 g/mol. The lowest BCUT2D eigenvalue weighted by Gasteiger charge is -2.12. The van der Waals surface area contributed by atoms with E-state index in [9.17, 15) is 0 Å². The number of benzene rings is 1. The van der Waals surface area contributed by atoms with Crippen molar-refractivity contribution in [2.45, 2.75) is 33.2 Å². The predicted molar refractivity (Wildman–Crippen MR) is 80.2 cm³/mol. The number of rotatable bonds is 5. The molecule has 1 N–H and O–H groups in total. The van der Waals surface area contributed by atoms with Crippen LogP contribution in [0.4, 0.5) is 0 Å². The zero-order chi connectivity index (χ0) is 13.4. The number of fused-ring (bicyclic) bond motifs is 1. The van der Waals surface area contributed by atoms with E-state index in [0.29, 0.717) is 12.5 Å². The second kappa shape index (κ2) is 5.00. The number of para-hydroxylation sites is 1. The van der Waals surface area contributed by atoms with Gasteiger partial charge in [-0.15, -0.1) is 0 Å². The Bertz CT molecular complexity index is 639. The number of aromatic amines is 1. The van der Waals surface area contributed by atoms with Gasteiger partial charge in [0.2, 0.25) is 0 Å². The largest absolute Gasteiger partial charge is 0.492 e. The summed E-state index contributed by atoms with van der Waals surface area (Å²) >= 11 is 5.47. The van der Waals surface area contributed by atoms with Crippen molar-refractivity contribution in [2.24, 2.45) is 11.8 Å². The summed E-state index contributed by atoms with van der Waals surface area (Å²) < 4.78 is 8.68. The molecule has 1 aromatic carbocycles. The van der Waals surface area contributed by atoms with Crippen LogP contribution in [0.15, 0.2) is 18.2 Å². The van der Waals surface area contributed by atoms with E-state index in [4.69, 9.17) is 17.0 Å². The van der Waals surface area contributed by atoms with Crippen molar-refractivity contribution in [3.63, 3.8) is 0 Å². The van der Waals surface area contributed by atoms with Crippen LogP contribution in [0, 0.1) is 16.6 Å². The molecule has 0 amide bonds. The third kappa shape index (κ3) is 2.41. The van der Waals surface area contributed by atoms with Gasteiger partial charge >= 0.3 is 0 Å². The van der Waals surface area contributed by atoms with Crippen molar-refractivity contribution in [1.82, 2.24) is 9.55 Å². The molecule has 0 bridgehead atoms. The standard InChI is InChI=1S/C15H20N2OS/c1-3-18-13-6-4-5-12-14(13)16-15(19)17(12)9-10(2)11-7-8-11/h4-6,10-11H,3,7-9H2,1-2H3,(H,16,19). The second-order valence-electron chi connectivity index (χ2n) is 5.44. The van der Waals surface area contributed by atoms with Crippen LogP contribution in [0.25, 0.3) is 11.0 Å². The number of H-pyrrole nitrogens is 1. The van der Waals surface area contributed by atoms with Gasteiger partial charge in [0.15, 0.2) is 4.77 Å². The third-order valence-electron chi connectivity index (χ3n) is 3.97. The highest BCUT2D eigenvalue weighted by atomic mass is 32.1. The van der Waals surface area contributed by atoms with Crippen molar-refractivity contribution < 1.29 is 4.74 Å². The number of ether oxygens (including phenoxy) is 1. The number of nitrogens with one attached hydrogen (secondary N) is 1. The molecule has 1 aliphatic rings. The minimum atomic E-state index is 0.670. The van der Waals surface area contributed by atoms with E-state index < -0.39 is 0 Å². The van der Waals surface area contributed by atoms with Gasteiger partial charge < -0.3 is 14.3 Å². The molecule has 2 aromatic rings. The minimum absolute atomic E-state index is 0.670. The summed E-state index contributed by atoms with van der Waals surface area (Å²) in [6.07, 6.45) is 2.75. The normalized spacial score (nSPS) is 16.7. The molecule has 3 rings (SSSR count). The second-order valence-corrected chi connectivity index (χ2v) is 5.83. The molecule has 1 aliphatic carbocycles. The first kappa shape index (κ1) is 12.7. The van der Waals surface area contributed by atoms with Crippen molar-refractivity contribution in [3.05, 3.63) is 23.0 Å². The number of aromatic nitrogens is 2. The Hall–Kier alpha value is -1.29. The van der Waals surface area contributed by atoms with E-state index in [2.05, 4.69) is 22.5 Å². The fraction of sp³-hybridized carbons (Fsp3) is 0.533. The fourth-order valence-electron chi connectivity index (χ4n) is 2.71. The Kier molecular flexibility index (Phi) is 3.35. The maximum atomic E-state index is 5.66. The van der Waals surface area contributed by atoms with Gasteiger partial charge in [-0.3, -0.25) is 0 Å². The molecule has 1 saturated carbocycles. The van der Waals surface area contributed by atoms with Gasteiger partial charge in [-0.05, 0) is 56.0 Å². The molecule has 1 heterocycles. The molecule has 1 unspecified atom stereocenters. The van der Waals surface area contributed by atoms with E-state index in [1.54, 1.807) is 0 Å². The number of imidazole rings is 1. The molecule has 1 fully saturated rings. The summed E-state index contributed by atoms with van der Waals surface area (Å²) in [5.74, 6) is 2.48. The monoisotopic (exact) mass is 276 g/mol. The zero-order valence-electron chi connectivity index (χ0n) is 11.5. The molecule has 0 saturated heterocycles. The third-order valence-corrected chi connectivity index (χ3v) is 4.29. The van der Waals surface area contributed by atoms with Crippen LogP contribution < -0.4 is 4.74 Å². The SMILES string of the molecule is CCOc1cccc2c1[nH]c(=S)n2CC(C)C1CC1. The summed E-state index contributed by atoms with van der Waals surface area (Å²) in [5, 5.41) is 0. The van der Waals surface area contributed by atoms with Gasteiger partial charge in [-0.1, -0.05) is 13.0 Å². The highest BCUT2D eigenvalue weighted by Crippen LogP contribution is 2.38. The van der Waals surface area contributed by atoms with Crippen LogP contribution in [0.5, 0.6) is 5.75 Å². The smallest absolute Gasteiger partial charge is 0.178 e. The van der Waals surface area contributed by atoms with Gasteiger partial charge in [-0.2, -0.15) is 0 Å². The first-order chi connectivity index (χ1) is 9.20. The lowest BCUT2D eigenvalue weighted by molar-refractivity contribution is 0.343. The number of nitrogens with zero attached hydrogens (tertiary/aromatic N) is 1. The summed E-state index contributed by atoms with van der Waals surface area (Å²) in [6, 6.07) is 6.14.